The highest BCUT2D eigenvalue weighted by Gasteiger charge is 2.12. The van der Waals surface area contributed by atoms with E-state index in [1.807, 2.05) is 42.5 Å². The number of rotatable bonds is 5. The third-order valence-electron chi connectivity index (χ3n) is 3.75. The lowest BCUT2D eigenvalue weighted by atomic mass is 10.2. The normalized spacial score (nSPS) is 10.7. The van der Waals surface area contributed by atoms with E-state index in [-0.39, 0.29) is 0 Å². The first-order valence-corrected chi connectivity index (χ1v) is 8.55. The molecule has 0 aliphatic rings. The second-order valence-electron chi connectivity index (χ2n) is 5.19. The highest BCUT2D eigenvalue weighted by Crippen LogP contribution is 2.26. The molecule has 0 radical (unpaired) electrons. The first-order chi connectivity index (χ1) is 11.2. The summed E-state index contributed by atoms with van der Waals surface area (Å²) in [6.07, 6.45) is 0. The fraction of sp³-hybridized carbons (Fsp3) is 0.222. The van der Waals surface area contributed by atoms with Gasteiger partial charge in [0.25, 0.3) is 0 Å². The lowest BCUT2D eigenvalue weighted by Gasteiger charge is -2.22. The SMILES string of the molecule is CCN(CC)c1nc(Nc2ccc(Br)cc2)nc2ccccc12. The summed E-state index contributed by atoms with van der Waals surface area (Å²) in [6.45, 7) is 6.11. The van der Waals surface area contributed by atoms with Crippen LogP contribution in [0.5, 0.6) is 0 Å². The van der Waals surface area contributed by atoms with Crippen molar-refractivity contribution >= 4 is 44.3 Å². The Hall–Kier alpha value is -2.14. The van der Waals surface area contributed by atoms with Gasteiger partial charge in [-0.05, 0) is 50.2 Å². The molecule has 1 N–H and O–H groups in total. The van der Waals surface area contributed by atoms with Crippen LogP contribution in [0.4, 0.5) is 17.5 Å². The molecule has 3 aromatic rings. The van der Waals surface area contributed by atoms with Gasteiger partial charge in [0.2, 0.25) is 5.95 Å². The molecule has 0 aliphatic heterocycles. The molecule has 0 bridgehead atoms. The Bertz CT molecular complexity index is 798. The number of hydrogen-bond acceptors (Lipinski definition) is 4. The zero-order valence-electron chi connectivity index (χ0n) is 13.3. The summed E-state index contributed by atoms with van der Waals surface area (Å²) in [5.41, 5.74) is 1.91. The molecule has 0 spiro atoms. The van der Waals surface area contributed by atoms with Crippen molar-refractivity contribution in [1.29, 1.82) is 0 Å². The number of fused-ring (bicyclic) bond motifs is 1. The van der Waals surface area contributed by atoms with Gasteiger partial charge >= 0.3 is 0 Å². The Balaban J connectivity index is 2.05. The third-order valence-corrected chi connectivity index (χ3v) is 4.28. The number of anilines is 3. The summed E-state index contributed by atoms with van der Waals surface area (Å²) in [7, 11) is 0. The van der Waals surface area contributed by atoms with Crippen molar-refractivity contribution in [1.82, 2.24) is 9.97 Å². The molecule has 1 heterocycles. The van der Waals surface area contributed by atoms with Gasteiger partial charge in [-0.3, -0.25) is 0 Å². The van der Waals surface area contributed by atoms with E-state index < -0.39 is 0 Å². The molecule has 118 valence electrons. The summed E-state index contributed by atoms with van der Waals surface area (Å²) in [4.78, 5) is 11.6. The maximum absolute atomic E-state index is 4.75. The predicted octanol–water partition coefficient (Wildman–Crippen LogP) is 4.98. The first kappa shape index (κ1) is 15.7. The van der Waals surface area contributed by atoms with Gasteiger partial charge in [-0.1, -0.05) is 28.1 Å². The third kappa shape index (κ3) is 3.45. The zero-order valence-corrected chi connectivity index (χ0v) is 14.8. The number of nitrogens with zero attached hydrogens (tertiary/aromatic N) is 3. The largest absolute Gasteiger partial charge is 0.356 e. The minimum atomic E-state index is 0.618. The molecular formula is C18H19BrN4. The molecule has 0 unspecified atom stereocenters. The predicted molar refractivity (Wildman–Crippen MR) is 101 cm³/mol. The molecule has 0 aliphatic carbocycles. The van der Waals surface area contributed by atoms with Crippen molar-refractivity contribution in [3.8, 4) is 0 Å². The monoisotopic (exact) mass is 370 g/mol. The average Bonchev–Trinajstić information content (AvgIpc) is 2.58. The summed E-state index contributed by atoms with van der Waals surface area (Å²) >= 11 is 3.45. The van der Waals surface area contributed by atoms with Crippen molar-refractivity contribution in [2.45, 2.75) is 13.8 Å². The Morgan fingerprint density at radius 3 is 2.35 bits per heavy atom. The molecule has 1 aromatic heterocycles. The molecule has 0 saturated carbocycles. The highest BCUT2D eigenvalue weighted by atomic mass is 79.9. The van der Waals surface area contributed by atoms with Gasteiger partial charge in [-0.15, -0.1) is 0 Å². The highest BCUT2D eigenvalue weighted by molar-refractivity contribution is 9.10. The number of aromatic nitrogens is 2. The number of halogens is 1. The van der Waals surface area contributed by atoms with Gasteiger partial charge in [-0.25, -0.2) is 4.98 Å². The van der Waals surface area contributed by atoms with Gasteiger partial charge in [0.05, 0.1) is 5.52 Å². The maximum atomic E-state index is 4.75. The second kappa shape index (κ2) is 6.96. The van der Waals surface area contributed by atoms with Crippen LogP contribution in [0.15, 0.2) is 53.0 Å². The van der Waals surface area contributed by atoms with Crippen LogP contribution in [0.3, 0.4) is 0 Å². The van der Waals surface area contributed by atoms with Gasteiger partial charge in [-0.2, -0.15) is 4.98 Å². The smallest absolute Gasteiger partial charge is 0.229 e. The Kier molecular flexibility index (Phi) is 4.76. The van der Waals surface area contributed by atoms with Crippen molar-refractivity contribution in [3.05, 3.63) is 53.0 Å². The molecule has 3 rings (SSSR count). The summed E-state index contributed by atoms with van der Waals surface area (Å²) < 4.78 is 1.05. The molecular weight excluding hydrogens is 352 g/mol. The fourth-order valence-electron chi connectivity index (χ4n) is 2.54. The van der Waals surface area contributed by atoms with Crippen LogP contribution in [-0.2, 0) is 0 Å². The van der Waals surface area contributed by atoms with Crippen LogP contribution >= 0.6 is 15.9 Å². The molecule has 0 amide bonds. The van der Waals surface area contributed by atoms with E-state index in [4.69, 9.17) is 4.98 Å². The van der Waals surface area contributed by atoms with Crippen molar-refractivity contribution in [2.24, 2.45) is 0 Å². The van der Waals surface area contributed by atoms with Crippen molar-refractivity contribution in [2.75, 3.05) is 23.3 Å². The fourth-order valence-corrected chi connectivity index (χ4v) is 2.81. The Morgan fingerprint density at radius 2 is 1.65 bits per heavy atom. The van der Waals surface area contributed by atoms with E-state index in [0.29, 0.717) is 5.95 Å². The maximum Gasteiger partial charge on any atom is 0.229 e. The number of para-hydroxylation sites is 1. The zero-order chi connectivity index (χ0) is 16.2. The number of benzene rings is 2. The minimum Gasteiger partial charge on any atom is -0.356 e. The minimum absolute atomic E-state index is 0.618. The topological polar surface area (TPSA) is 41.1 Å². The van der Waals surface area contributed by atoms with E-state index >= 15 is 0 Å². The van der Waals surface area contributed by atoms with E-state index in [1.165, 1.54) is 0 Å². The average molecular weight is 371 g/mol. The van der Waals surface area contributed by atoms with Crippen LogP contribution in [0.1, 0.15) is 13.8 Å². The molecule has 5 heteroatoms. The quantitative estimate of drug-likeness (QED) is 0.687. The second-order valence-corrected chi connectivity index (χ2v) is 6.11. The van der Waals surface area contributed by atoms with Gasteiger partial charge < -0.3 is 10.2 Å². The summed E-state index contributed by atoms with van der Waals surface area (Å²) in [5, 5.41) is 4.38. The van der Waals surface area contributed by atoms with Gasteiger partial charge in [0.15, 0.2) is 0 Å². The molecule has 0 atom stereocenters. The summed E-state index contributed by atoms with van der Waals surface area (Å²) in [5.74, 6) is 1.59. The molecule has 0 saturated heterocycles. The van der Waals surface area contributed by atoms with E-state index in [9.17, 15) is 0 Å². The Morgan fingerprint density at radius 1 is 0.957 bits per heavy atom. The molecule has 23 heavy (non-hydrogen) atoms. The Labute approximate surface area is 144 Å². The number of hydrogen-bond donors (Lipinski definition) is 1. The molecule has 2 aromatic carbocycles. The molecule has 0 fully saturated rings. The van der Waals surface area contributed by atoms with Crippen LogP contribution in [-0.4, -0.2) is 23.1 Å². The van der Waals surface area contributed by atoms with Crippen molar-refractivity contribution in [3.63, 3.8) is 0 Å². The first-order valence-electron chi connectivity index (χ1n) is 7.75. The molecule has 4 nitrogen and oxygen atoms in total. The van der Waals surface area contributed by atoms with Crippen LogP contribution in [0, 0.1) is 0 Å². The van der Waals surface area contributed by atoms with Crippen LogP contribution in [0.25, 0.3) is 10.9 Å². The van der Waals surface area contributed by atoms with Crippen molar-refractivity contribution < 1.29 is 0 Å². The van der Waals surface area contributed by atoms with Gasteiger partial charge in [0.1, 0.15) is 5.82 Å². The van der Waals surface area contributed by atoms with E-state index in [1.54, 1.807) is 0 Å². The lowest BCUT2D eigenvalue weighted by Crippen LogP contribution is -2.23. The van der Waals surface area contributed by atoms with E-state index in [0.717, 1.165) is 40.0 Å². The standard InChI is InChI=1S/C18H19BrN4/c1-3-23(4-2)17-15-7-5-6-8-16(15)21-18(22-17)20-14-11-9-13(19)10-12-14/h5-12H,3-4H2,1-2H3,(H,20,21,22). The van der Waals surface area contributed by atoms with E-state index in [2.05, 4.69) is 51.0 Å². The summed E-state index contributed by atoms with van der Waals surface area (Å²) in [6, 6.07) is 16.1. The number of nitrogens with one attached hydrogen (secondary N) is 1. The van der Waals surface area contributed by atoms with Crippen LogP contribution < -0.4 is 10.2 Å². The van der Waals surface area contributed by atoms with Crippen LogP contribution in [0.2, 0.25) is 0 Å². The van der Waals surface area contributed by atoms with Gasteiger partial charge in [0, 0.05) is 28.6 Å². The lowest BCUT2D eigenvalue weighted by molar-refractivity contribution is 0.850.